The molecule has 0 amide bonds. The van der Waals surface area contributed by atoms with Crippen molar-refractivity contribution in [3.8, 4) is 0 Å². The Morgan fingerprint density at radius 2 is 1.34 bits per heavy atom. The number of unbranched alkanes of at least 4 members (excludes halogenated alkanes) is 8. The first-order chi connectivity index (χ1) is 13.9. The van der Waals surface area contributed by atoms with E-state index in [-0.39, 0.29) is 5.41 Å². The van der Waals surface area contributed by atoms with Crippen LogP contribution < -0.4 is 0 Å². The first kappa shape index (κ1) is 28.2. The zero-order chi connectivity index (χ0) is 22.0. The molecule has 0 aliphatic carbocycles. The van der Waals surface area contributed by atoms with Crippen molar-refractivity contribution in [3.05, 3.63) is 12.2 Å². The molecule has 0 saturated heterocycles. The van der Waals surface area contributed by atoms with Gasteiger partial charge in [0.1, 0.15) is 0 Å². The minimum Gasteiger partial charge on any atom is -0.481 e. The van der Waals surface area contributed by atoms with Crippen LogP contribution in [-0.4, -0.2) is 11.1 Å². The summed E-state index contributed by atoms with van der Waals surface area (Å²) in [7, 11) is 0. The lowest BCUT2D eigenvalue weighted by atomic mass is 9.65. The lowest BCUT2D eigenvalue weighted by molar-refractivity contribution is -0.137. The molecule has 0 aliphatic rings. The van der Waals surface area contributed by atoms with Gasteiger partial charge in [-0.2, -0.15) is 0 Å². The van der Waals surface area contributed by atoms with Crippen molar-refractivity contribution in [2.24, 2.45) is 17.3 Å². The number of carboxylic acid groups (broad SMARTS) is 1. The molecule has 0 saturated carbocycles. The number of aliphatic carboxylic acids is 1. The second-order valence-electron chi connectivity index (χ2n) is 9.81. The number of rotatable bonds is 20. The fourth-order valence-electron chi connectivity index (χ4n) is 4.43. The van der Waals surface area contributed by atoms with Crippen LogP contribution in [0.4, 0.5) is 0 Å². The highest BCUT2D eigenvalue weighted by atomic mass is 16.4. The molecule has 1 N–H and O–H groups in total. The average Bonchev–Trinajstić information content (AvgIpc) is 2.68. The summed E-state index contributed by atoms with van der Waals surface area (Å²) in [6.45, 7) is 11.8. The van der Waals surface area contributed by atoms with Crippen molar-refractivity contribution in [2.45, 2.75) is 137 Å². The van der Waals surface area contributed by atoms with Crippen molar-refractivity contribution in [2.75, 3.05) is 0 Å². The monoisotopic (exact) mass is 408 g/mol. The van der Waals surface area contributed by atoms with E-state index in [0.29, 0.717) is 18.3 Å². The normalized spacial score (nSPS) is 14.4. The minimum atomic E-state index is -0.654. The Morgan fingerprint density at radius 3 is 1.97 bits per heavy atom. The third-order valence-corrected chi connectivity index (χ3v) is 7.07. The SMILES string of the molecule is CCCCCCCC/C=C\CCCC(CCCC(=O)O)C(C)(C)C(C)CCCC. The van der Waals surface area contributed by atoms with Crippen molar-refractivity contribution >= 4 is 5.97 Å². The van der Waals surface area contributed by atoms with E-state index in [1.54, 1.807) is 0 Å². The van der Waals surface area contributed by atoms with Crippen LogP contribution in [-0.2, 0) is 4.79 Å². The van der Waals surface area contributed by atoms with Gasteiger partial charge in [-0.05, 0) is 62.2 Å². The van der Waals surface area contributed by atoms with Crippen LogP contribution in [0.25, 0.3) is 0 Å². The molecule has 29 heavy (non-hydrogen) atoms. The quantitative estimate of drug-likeness (QED) is 0.161. The van der Waals surface area contributed by atoms with Crippen LogP contribution in [0.1, 0.15) is 137 Å². The lowest BCUT2D eigenvalue weighted by Gasteiger charge is -2.40. The predicted molar refractivity (Wildman–Crippen MR) is 128 cm³/mol. The average molecular weight is 409 g/mol. The highest BCUT2D eigenvalue weighted by molar-refractivity contribution is 5.66. The fraction of sp³-hybridized carbons (Fsp3) is 0.889. The second-order valence-corrected chi connectivity index (χ2v) is 9.81. The third kappa shape index (κ3) is 14.8. The van der Waals surface area contributed by atoms with E-state index in [9.17, 15) is 4.79 Å². The van der Waals surface area contributed by atoms with Gasteiger partial charge in [-0.1, -0.05) is 98.1 Å². The zero-order valence-electron chi connectivity index (χ0n) is 20.5. The molecule has 0 rings (SSSR count). The Hall–Kier alpha value is -0.790. The van der Waals surface area contributed by atoms with E-state index in [0.717, 1.165) is 12.8 Å². The van der Waals surface area contributed by atoms with Gasteiger partial charge >= 0.3 is 5.97 Å². The van der Waals surface area contributed by atoms with Gasteiger partial charge in [0.15, 0.2) is 0 Å². The van der Waals surface area contributed by atoms with E-state index >= 15 is 0 Å². The van der Waals surface area contributed by atoms with Crippen LogP contribution in [0.15, 0.2) is 12.2 Å². The Bertz CT molecular complexity index is 411. The summed E-state index contributed by atoms with van der Waals surface area (Å²) in [4.78, 5) is 11.0. The second kappa shape index (κ2) is 18.0. The Balaban J connectivity index is 4.32. The smallest absolute Gasteiger partial charge is 0.303 e. The molecule has 0 radical (unpaired) electrons. The van der Waals surface area contributed by atoms with E-state index < -0.39 is 5.97 Å². The van der Waals surface area contributed by atoms with Gasteiger partial charge in [0.05, 0.1) is 0 Å². The van der Waals surface area contributed by atoms with Crippen LogP contribution in [0.3, 0.4) is 0 Å². The maximum absolute atomic E-state index is 11.0. The van der Waals surface area contributed by atoms with Crippen molar-refractivity contribution < 1.29 is 9.90 Å². The standard InChI is InChI=1S/C27H52O2/c1-6-8-10-11-12-13-14-15-16-17-18-21-25(22-19-23-26(28)29)27(4,5)24(3)20-9-7-2/h15-16,24-25H,6-14,17-23H2,1-5H3,(H,28,29)/b16-15-. The van der Waals surface area contributed by atoms with Crippen molar-refractivity contribution in [3.63, 3.8) is 0 Å². The number of allylic oxidation sites excluding steroid dienone is 2. The molecular formula is C27H52O2. The third-order valence-electron chi connectivity index (χ3n) is 7.07. The molecule has 0 aliphatic heterocycles. The molecule has 0 aromatic heterocycles. The van der Waals surface area contributed by atoms with Gasteiger partial charge in [0, 0.05) is 6.42 Å². The maximum Gasteiger partial charge on any atom is 0.303 e. The highest BCUT2D eigenvalue weighted by Gasteiger charge is 2.33. The summed E-state index contributed by atoms with van der Waals surface area (Å²) in [6, 6.07) is 0. The van der Waals surface area contributed by atoms with Crippen molar-refractivity contribution in [1.29, 1.82) is 0 Å². The Morgan fingerprint density at radius 1 is 0.793 bits per heavy atom. The molecular weight excluding hydrogens is 356 g/mol. The van der Waals surface area contributed by atoms with Gasteiger partial charge in [0.2, 0.25) is 0 Å². The Kier molecular flexibility index (Phi) is 17.5. The highest BCUT2D eigenvalue weighted by Crippen LogP contribution is 2.43. The molecule has 0 spiro atoms. The fourth-order valence-corrected chi connectivity index (χ4v) is 4.43. The molecule has 172 valence electrons. The van der Waals surface area contributed by atoms with Crippen LogP contribution in [0.5, 0.6) is 0 Å². The van der Waals surface area contributed by atoms with Gasteiger partial charge < -0.3 is 5.11 Å². The largest absolute Gasteiger partial charge is 0.481 e. The number of hydrogen-bond donors (Lipinski definition) is 1. The summed E-state index contributed by atoms with van der Waals surface area (Å²) < 4.78 is 0. The van der Waals surface area contributed by atoms with E-state index in [4.69, 9.17) is 5.11 Å². The number of carbonyl (C=O) groups is 1. The van der Waals surface area contributed by atoms with Gasteiger partial charge in [-0.3, -0.25) is 4.79 Å². The summed E-state index contributed by atoms with van der Waals surface area (Å²) in [5.74, 6) is 0.666. The van der Waals surface area contributed by atoms with Crippen LogP contribution in [0, 0.1) is 17.3 Å². The minimum absolute atomic E-state index is 0.288. The van der Waals surface area contributed by atoms with E-state index in [1.807, 2.05) is 0 Å². The Labute approximate surface area is 182 Å². The molecule has 0 aromatic rings. The predicted octanol–water partition coefficient (Wildman–Crippen LogP) is 9.19. The van der Waals surface area contributed by atoms with Gasteiger partial charge in [-0.25, -0.2) is 0 Å². The first-order valence-corrected chi connectivity index (χ1v) is 12.7. The molecule has 0 bridgehead atoms. The molecule has 2 unspecified atom stereocenters. The number of carboxylic acids is 1. The number of hydrogen-bond acceptors (Lipinski definition) is 1. The van der Waals surface area contributed by atoms with Crippen LogP contribution in [0.2, 0.25) is 0 Å². The molecule has 0 aromatic carbocycles. The molecule has 2 heteroatoms. The van der Waals surface area contributed by atoms with Crippen molar-refractivity contribution in [1.82, 2.24) is 0 Å². The summed E-state index contributed by atoms with van der Waals surface area (Å²) in [6.07, 6.45) is 23.9. The van der Waals surface area contributed by atoms with Gasteiger partial charge in [0.25, 0.3) is 0 Å². The summed E-state index contributed by atoms with van der Waals surface area (Å²) in [5, 5.41) is 9.02. The lowest BCUT2D eigenvalue weighted by Crippen LogP contribution is -2.31. The van der Waals surface area contributed by atoms with E-state index in [1.165, 1.54) is 83.5 Å². The van der Waals surface area contributed by atoms with Gasteiger partial charge in [-0.15, -0.1) is 0 Å². The molecule has 2 atom stereocenters. The zero-order valence-corrected chi connectivity index (χ0v) is 20.5. The molecule has 0 heterocycles. The summed E-state index contributed by atoms with van der Waals surface area (Å²) >= 11 is 0. The summed E-state index contributed by atoms with van der Waals surface area (Å²) in [5.41, 5.74) is 0.288. The van der Waals surface area contributed by atoms with Crippen LogP contribution >= 0.6 is 0 Å². The first-order valence-electron chi connectivity index (χ1n) is 12.7. The maximum atomic E-state index is 11.0. The van der Waals surface area contributed by atoms with E-state index in [2.05, 4.69) is 46.8 Å². The molecule has 0 fully saturated rings. The molecule has 2 nitrogen and oxygen atoms in total. The topological polar surface area (TPSA) is 37.3 Å².